The average molecular weight is 357 g/mol. The minimum atomic E-state index is -0.436. The molecule has 0 aromatic heterocycles. The number of carbonyl (C=O) groups excluding carboxylic acids is 2. The molecule has 5 heteroatoms. The van der Waals surface area contributed by atoms with Crippen LogP contribution >= 0.6 is 11.6 Å². The number of carbonyl (C=O) groups is 2. The highest BCUT2D eigenvalue weighted by Crippen LogP contribution is 2.22. The smallest absolute Gasteiger partial charge is 0.254 e. The summed E-state index contributed by atoms with van der Waals surface area (Å²) in [5.74, 6) is -0.241. The van der Waals surface area contributed by atoms with Crippen LogP contribution in [0, 0.1) is 0 Å². The summed E-state index contributed by atoms with van der Waals surface area (Å²) >= 11 is 5.86. The van der Waals surface area contributed by atoms with Crippen LogP contribution in [0.5, 0.6) is 0 Å². The van der Waals surface area contributed by atoms with Gasteiger partial charge in [-0.1, -0.05) is 30.7 Å². The van der Waals surface area contributed by atoms with Gasteiger partial charge in [-0.3, -0.25) is 9.59 Å². The lowest BCUT2D eigenvalue weighted by atomic mass is 10.1. The van der Waals surface area contributed by atoms with Gasteiger partial charge in [-0.05, 0) is 61.2 Å². The summed E-state index contributed by atoms with van der Waals surface area (Å²) in [7, 11) is 0. The Morgan fingerprint density at radius 1 is 1.12 bits per heavy atom. The molecule has 4 nitrogen and oxygen atoms in total. The first-order valence-corrected chi connectivity index (χ1v) is 8.92. The normalized spacial score (nSPS) is 16.7. The summed E-state index contributed by atoms with van der Waals surface area (Å²) in [6, 6.07) is 14.1. The lowest BCUT2D eigenvalue weighted by Crippen LogP contribution is -2.43. The monoisotopic (exact) mass is 356 g/mol. The van der Waals surface area contributed by atoms with Gasteiger partial charge in [0.1, 0.15) is 6.04 Å². The zero-order valence-corrected chi connectivity index (χ0v) is 14.9. The molecule has 2 amide bonds. The van der Waals surface area contributed by atoms with Crippen LogP contribution in [0.25, 0.3) is 0 Å². The van der Waals surface area contributed by atoms with E-state index < -0.39 is 6.04 Å². The number of nitrogens with zero attached hydrogens (tertiary/aromatic N) is 1. The molecule has 1 heterocycles. The minimum Gasteiger partial charge on any atom is -0.327 e. The fourth-order valence-electron chi connectivity index (χ4n) is 3.09. The second kappa shape index (κ2) is 7.70. The third-order valence-corrected chi connectivity index (χ3v) is 4.79. The topological polar surface area (TPSA) is 49.4 Å². The maximum absolute atomic E-state index is 12.8. The van der Waals surface area contributed by atoms with Crippen LogP contribution in [0.15, 0.2) is 48.5 Å². The Hall–Kier alpha value is -2.33. The van der Waals surface area contributed by atoms with Crippen molar-refractivity contribution in [3.8, 4) is 0 Å². The van der Waals surface area contributed by atoms with Crippen molar-refractivity contribution in [3.05, 3.63) is 64.7 Å². The van der Waals surface area contributed by atoms with Crippen molar-refractivity contribution in [2.75, 3.05) is 11.9 Å². The Labute approximate surface area is 152 Å². The van der Waals surface area contributed by atoms with Gasteiger partial charge in [-0.15, -0.1) is 0 Å². The van der Waals surface area contributed by atoms with Crippen LogP contribution in [-0.2, 0) is 11.2 Å². The highest BCUT2D eigenvalue weighted by Gasteiger charge is 2.34. The largest absolute Gasteiger partial charge is 0.327 e. The number of nitrogens with one attached hydrogen (secondary N) is 1. The molecular formula is C20H21ClN2O2. The van der Waals surface area contributed by atoms with Crippen molar-refractivity contribution in [1.82, 2.24) is 4.90 Å². The number of likely N-dealkylation sites (tertiary alicyclic amines) is 1. The van der Waals surface area contributed by atoms with E-state index >= 15 is 0 Å². The van der Waals surface area contributed by atoms with E-state index in [2.05, 4.69) is 12.2 Å². The Morgan fingerprint density at radius 3 is 2.44 bits per heavy atom. The Balaban J connectivity index is 1.71. The molecule has 1 atom stereocenters. The number of hydrogen-bond acceptors (Lipinski definition) is 2. The molecular weight excluding hydrogens is 336 g/mol. The standard InChI is InChI=1S/C20H21ClN2O2/c1-2-14-5-7-15(8-6-14)20(25)23-13-3-4-18(23)19(24)22-17-11-9-16(21)10-12-17/h5-12,18H,2-4,13H2,1H3,(H,22,24)/t18-/m1/s1. The van der Waals surface area contributed by atoms with Crippen molar-refractivity contribution in [2.45, 2.75) is 32.2 Å². The first-order chi connectivity index (χ1) is 12.1. The first kappa shape index (κ1) is 17.5. The van der Waals surface area contributed by atoms with E-state index in [9.17, 15) is 9.59 Å². The highest BCUT2D eigenvalue weighted by atomic mass is 35.5. The molecule has 3 rings (SSSR count). The molecule has 2 aromatic carbocycles. The number of halogens is 1. The quantitative estimate of drug-likeness (QED) is 0.894. The van der Waals surface area contributed by atoms with E-state index in [1.165, 1.54) is 5.56 Å². The summed E-state index contributed by atoms with van der Waals surface area (Å²) in [5.41, 5.74) is 2.50. The second-order valence-electron chi connectivity index (χ2n) is 6.20. The van der Waals surface area contributed by atoms with Crippen molar-refractivity contribution >= 4 is 29.1 Å². The van der Waals surface area contributed by atoms with Crippen molar-refractivity contribution < 1.29 is 9.59 Å². The van der Waals surface area contributed by atoms with Gasteiger partial charge >= 0.3 is 0 Å². The summed E-state index contributed by atoms with van der Waals surface area (Å²) in [6.45, 7) is 2.68. The van der Waals surface area contributed by atoms with Crippen LogP contribution in [0.1, 0.15) is 35.7 Å². The maximum atomic E-state index is 12.8. The molecule has 0 saturated carbocycles. The molecule has 0 unspecified atom stereocenters. The molecule has 0 bridgehead atoms. The van der Waals surface area contributed by atoms with Gasteiger partial charge in [0.15, 0.2) is 0 Å². The van der Waals surface area contributed by atoms with Crippen LogP contribution in [0.4, 0.5) is 5.69 Å². The number of anilines is 1. The summed E-state index contributed by atoms with van der Waals surface area (Å²) in [4.78, 5) is 27.1. The molecule has 25 heavy (non-hydrogen) atoms. The molecule has 1 N–H and O–H groups in total. The van der Waals surface area contributed by atoms with E-state index in [0.717, 1.165) is 12.8 Å². The van der Waals surface area contributed by atoms with Gasteiger partial charge in [0.2, 0.25) is 5.91 Å². The van der Waals surface area contributed by atoms with Gasteiger partial charge in [0.05, 0.1) is 0 Å². The van der Waals surface area contributed by atoms with E-state index in [0.29, 0.717) is 29.2 Å². The average Bonchev–Trinajstić information content (AvgIpc) is 3.13. The Kier molecular flexibility index (Phi) is 5.39. The summed E-state index contributed by atoms with van der Waals surface area (Å²) in [6.07, 6.45) is 2.44. The maximum Gasteiger partial charge on any atom is 0.254 e. The van der Waals surface area contributed by atoms with E-state index in [-0.39, 0.29) is 11.8 Å². The third kappa shape index (κ3) is 4.02. The SMILES string of the molecule is CCc1ccc(C(=O)N2CCC[C@@H]2C(=O)Nc2ccc(Cl)cc2)cc1. The first-order valence-electron chi connectivity index (χ1n) is 8.55. The van der Waals surface area contributed by atoms with Crippen LogP contribution in [0.2, 0.25) is 5.02 Å². The van der Waals surface area contributed by atoms with E-state index in [4.69, 9.17) is 11.6 Å². The van der Waals surface area contributed by atoms with Gasteiger partial charge < -0.3 is 10.2 Å². The number of aryl methyl sites for hydroxylation is 1. The van der Waals surface area contributed by atoms with Crippen molar-refractivity contribution in [3.63, 3.8) is 0 Å². The van der Waals surface area contributed by atoms with Crippen LogP contribution in [-0.4, -0.2) is 29.3 Å². The van der Waals surface area contributed by atoms with Gasteiger partial charge in [0, 0.05) is 22.8 Å². The zero-order valence-electron chi connectivity index (χ0n) is 14.2. The molecule has 1 fully saturated rings. The summed E-state index contributed by atoms with van der Waals surface area (Å²) < 4.78 is 0. The van der Waals surface area contributed by atoms with Gasteiger partial charge in [-0.25, -0.2) is 0 Å². The number of rotatable bonds is 4. The molecule has 1 aliphatic rings. The third-order valence-electron chi connectivity index (χ3n) is 4.54. The Morgan fingerprint density at radius 2 is 1.80 bits per heavy atom. The molecule has 1 saturated heterocycles. The van der Waals surface area contributed by atoms with Gasteiger partial charge in [0.25, 0.3) is 5.91 Å². The number of hydrogen-bond donors (Lipinski definition) is 1. The predicted molar refractivity (Wildman–Crippen MR) is 100.0 cm³/mol. The van der Waals surface area contributed by atoms with E-state index in [1.54, 1.807) is 29.2 Å². The molecule has 1 aliphatic heterocycles. The molecule has 2 aromatic rings. The molecule has 0 radical (unpaired) electrons. The molecule has 130 valence electrons. The Bertz CT molecular complexity index is 756. The fraction of sp³-hybridized carbons (Fsp3) is 0.300. The van der Waals surface area contributed by atoms with Crippen LogP contribution in [0.3, 0.4) is 0 Å². The molecule has 0 aliphatic carbocycles. The number of amides is 2. The highest BCUT2D eigenvalue weighted by molar-refractivity contribution is 6.30. The second-order valence-corrected chi connectivity index (χ2v) is 6.64. The van der Waals surface area contributed by atoms with Gasteiger partial charge in [-0.2, -0.15) is 0 Å². The van der Waals surface area contributed by atoms with Crippen molar-refractivity contribution in [1.29, 1.82) is 0 Å². The molecule has 0 spiro atoms. The lowest BCUT2D eigenvalue weighted by molar-refractivity contribution is -0.119. The zero-order chi connectivity index (χ0) is 17.8. The minimum absolute atomic E-state index is 0.0867. The van der Waals surface area contributed by atoms with Crippen molar-refractivity contribution in [2.24, 2.45) is 0 Å². The predicted octanol–water partition coefficient (Wildman–Crippen LogP) is 4.15. The fourth-order valence-corrected chi connectivity index (χ4v) is 3.22. The van der Waals surface area contributed by atoms with E-state index in [1.807, 2.05) is 24.3 Å². The van der Waals surface area contributed by atoms with Crippen LogP contribution < -0.4 is 5.32 Å². The lowest BCUT2D eigenvalue weighted by Gasteiger charge is -2.24. The number of benzene rings is 2. The summed E-state index contributed by atoms with van der Waals surface area (Å²) in [5, 5.41) is 3.49.